The van der Waals surface area contributed by atoms with Crippen LogP contribution >= 0.6 is 11.8 Å². The molecule has 5 nitrogen and oxygen atoms in total. The van der Waals surface area contributed by atoms with Gasteiger partial charge in [-0.15, -0.1) is 16.9 Å². The molecular weight excluding hydrogens is 296 g/mol. The van der Waals surface area contributed by atoms with Gasteiger partial charge in [-0.2, -0.15) is 4.52 Å². The predicted molar refractivity (Wildman–Crippen MR) is 88.3 cm³/mol. The van der Waals surface area contributed by atoms with Crippen LogP contribution in [0.2, 0.25) is 0 Å². The number of fused-ring (bicyclic) bond motifs is 3. The monoisotopic (exact) mass is 308 g/mol. The largest absolute Gasteiger partial charge is 0.348 e. The van der Waals surface area contributed by atoms with Crippen molar-refractivity contribution in [1.82, 2.24) is 19.6 Å². The number of nitrogens with zero attached hydrogens (tertiary/aromatic N) is 3. The average molecular weight is 308 g/mol. The molecule has 22 heavy (non-hydrogen) atoms. The van der Waals surface area contributed by atoms with E-state index < -0.39 is 0 Å². The van der Waals surface area contributed by atoms with Crippen LogP contribution in [0, 0.1) is 0 Å². The Bertz CT molecular complexity index is 1050. The molecule has 0 unspecified atom stereocenters. The highest BCUT2D eigenvalue weighted by Crippen LogP contribution is 2.28. The van der Waals surface area contributed by atoms with Crippen molar-refractivity contribution in [2.45, 2.75) is 4.90 Å². The van der Waals surface area contributed by atoms with Gasteiger partial charge in [0.15, 0.2) is 11.5 Å². The van der Waals surface area contributed by atoms with E-state index in [2.05, 4.69) is 15.1 Å². The molecule has 6 heteroatoms. The SMILES string of the molecule is CSc1ccccc1-c1nc2c3ccccc3[nH]c(=O)n2n1. The second kappa shape index (κ2) is 4.99. The molecule has 0 saturated heterocycles. The minimum Gasteiger partial charge on any atom is -0.305 e. The molecule has 0 aliphatic carbocycles. The van der Waals surface area contributed by atoms with E-state index in [-0.39, 0.29) is 5.69 Å². The molecule has 4 aromatic rings. The highest BCUT2D eigenvalue weighted by molar-refractivity contribution is 7.98. The fourth-order valence-corrected chi connectivity index (χ4v) is 3.12. The number of hydrogen-bond donors (Lipinski definition) is 1. The maximum Gasteiger partial charge on any atom is 0.348 e. The molecule has 2 aromatic heterocycles. The molecule has 1 N–H and O–H groups in total. The number of thioether (sulfide) groups is 1. The summed E-state index contributed by atoms with van der Waals surface area (Å²) >= 11 is 1.63. The van der Waals surface area contributed by atoms with Crippen LogP contribution in [0.4, 0.5) is 0 Å². The van der Waals surface area contributed by atoms with Gasteiger partial charge < -0.3 is 4.98 Å². The molecule has 4 rings (SSSR count). The Labute approximate surface area is 130 Å². The number of aromatic amines is 1. The molecule has 0 amide bonds. The lowest BCUT2D eigenvalue weighted by molar-refractivity contribution is 0.884. The first-order valence-corrected chi connectivity index (χ1v) is 8.01. The smallest absolute Gasteiger partial charge is 0.305 e. The lowest BCUT2D eigenvalue weighted by Gasteiger charge is -2.01. The third-order valence-electron chi connectivity index (χ3n) is 3.56. The maximum atomic E-state index is 12.2. The van der Waals surface area contributed by atoms with Crippen molar-refractivity contribution >= 4 is 28.3 Å². The van der Waals surface area contributed by atoms with E-state index in [0.29, 0.717) is 11.5 Å². The molecule has 0 aliphatic heterocycles. The highest BCUT2D eigenvalue weighted by Gasteiger charge is 2.14. The summed E-state index contributed by atoms with van der Waals surface area (Å²) in [6, 6.07) is 15.5. The third-order valence-corrected chi connectivity index (χ3v) is 4.35. The molecule has 0 radical (unpaired) electrons. The van der Waals surface area contributed by atoms with Gasteiger partial charge in [0.1, 0.15) is 0 Å². The summed E-state index contributed by atoms with van der Waals surface area (Å²) in [6.45, 7) is 0. The van der Waals surface area contributed by atoms with E-state index in [1.165, 1.54) is 4.52 Å². The first-order chi connectivity index (χ1) is 10.8. The van der Waals surface area contributed by atoms with Gasteiger partial charge in [-0.3, -0.25) is 0 Å². The van der Waals surface area contributed by atoms with Crippen LogP contribution in [-0.4, -0.2) is 25.8 Å². The second-order valence-electron chi connectivity index (χ2n) is 4.85. The van der Waals surface area contributed by atoms with Gasteiger partial charge >= 0.3 is 5.69 Å². The quantitative estimate of drug-likeness (QED) is 0.578. The van der Waals surface area contributed by atoms with Gasteiger partial charge in [0.25, 0.3) is 0 Å². The second-order valence-corrected chi connectivity index (χ2v) is 5.69. The van der Waals surface area contributed by atoms with Gasteiger partial charge in [0.2, 0.25) is 0 Å². The number of aromatic nitrogens is 4. The summed E-state index contributed by atoms with van der Waals surface area (Å²) in [7, 11) is 0. The number of hydrogen-bond acceptors (Lipinski definition) is 4. The number of rotatable bonds is 2. The molecule has 0 saturated carbocycles. The zero-order valence-electron chi connectivity index (χ0n) is 11.8. The molecule has 108 valence electrons. The van der Waals surface area contributed by atoms with Crippen LogP contribution in [-0.2, 0) is 0 Å². The summed E-state index contributed by atoms with van der Waals surface area (Å²) < 4.78 is 1.33. The number of nitrogens with one attached hydrogen (secondary N) is 1. The van der Waals surface area contributed by atoms with E-state index in [4.69, 9.17) is 0 Å². The molecule has 0 atom stereocenters. The Balaban J connectivity index is 2.08. The van der Waals surface area contributed by atoms with Crippen LogP contribution in [0.25, 0.3) is 27.9 Å². The minimum absolute atomic E-state index is 0.283. The van der Waals surface area contributed by atoms with Crippen molar-refractivity contribution in [2.24, 2.45) is 0 Å². The van der Waals surface area contributed by atoms with Crippen LogP contribution in [0.15, 0.2) is 58.2 Å². The van der Waals surface area contributed by atoms with Crippen molar-refractivity contribution in [3.05, 3.63) is 59.0 Å². The number of benzene rings is 2. The zero-order valence-corrected chi connectivity index (χ0v) is 12.6. The highest BCUT2D eigenvalue weighted by atomic mass is 32.2. The lowest BCUT2D eigenvalue weighted by atomic mass is 10.2. The first-order valence-electron chi connectivity index (χ1n) is 6.79. The summed E-state index contributed by atoms with van der Waals surface area (Å²) in [5.41, 5.74) is 1.98. The van der Waals surface area contributed by atoms with Gasteiger partial charge in [-0.25, -0.2) is 9.78 Å². The Morgan fingerprint density at radius 2 is 1.86 bits per heavy atom. The van der Waals surface area contributed by atoms with Crippen molar-refractivity contribution in [2.75, 3.05) is 6.26 Å². The van der Waals surface area contributed by atoms with Gasteiger partial charge in [0, 0.05) is 15.8 Å². The minimum atomic E-state index is -0.283. The van der Waals surface area contributed by atoms with Crippen molar-refractivity contribution in [3.63, 3.8) is 0 Å². The summed E-state index contributed by atoms with van der Waals surface area (Å²) in [6.07, 6.45) is 2.01. The van der Waals surface area contributed by atoms with E-state index in [1.807, 2.05) is 54.8 Å². The molecule has 0 fully saturated rings. The number of H-pyrrole nitrogens is 1. The first kappa shape index (κ1) is 13.1. The van der Waals surface area contributed by atoms with Crippen molar-refractivity contribution < 1.29 is 0 Å². The topological polar surface area (TPSA) is 63.0 Å². The Hall–Kier alpha value is -2.60. The van der Waals surface area contributed by atoms with E-state index >= 15 is 0 Å². The van der Waals surface area contributed by atoms with Crippen molar-refractivity contribution in [3.8, 4) is 11.4 Å². The molecule has 2 aromatic carbocycles. The Kier molecular flexibility index (Phi) is 2.97. The van der Waals surface area contributed by atoms with Gasteiger partial charge in [0.05, 0.1) is 5.52 Å². The molecule has 2 heterocycles. The lowest BCUT2D eigenvalue weighted by Crippen LogP contribution is -2.17. The van der Waals surface area contributed by atoms with E-state index in [0.717, 1.165) is 21.4 Å². The Morgan fingerprint density at radius 1 is 1.09 bits per heavy atom. The number of para-hydroxylation sites is 1. The summed E-state index contributed by atoms with van der Waals surface area (Å²) in [5.74, 6) is 0.562. The standard InChI is InChI=1S/C16H12N4OS/c1-22-13-9-5-3-7-11(13)14-18-15-10-6-2-4-8-12(10)17-16(21)20(15)19-14/h2-9H,1H3,(H,17,21). The van der Waals surface area contributed by atoms with Crippen LogP contribution in [0.3, 0.4) is 0 Å². The molecular formula is C16H12N4OS. The van der Waals surface area contributed by atoms with Crippen molar-refractivity contribution in [1.29, 1.82) is 0 Å². The fourth-order valence-electron chi connectivity index (χ4n) is 2.53. The normalized spacial score (nSPS) is 11.3. The van der Waals surface area contributed by atoms with E-state index in [9.17, 15) is 4.79 Å². The summed E-state index contributed by atoms with van der Waals surface area (Å²) in [4.78, 5) is 20.7. The molecule has 0 spiro atoms. The molecule has 0 aliphatic rings. The van der Waals surface area contributed by atoms with Crippen LogP contribution in [0.1, 0.15) is 0 Å². The Morgan fingerprint density at radius 3 is 2.73 bits per heavy atom. The summed E-state index contributed by atoms with van der Waals surface area (Å²) in [5, 5.41) is 5.27. The average Bonchev–Trinajstić information content (AvgIpc) is 3.01. The third kappa shape index (κ3) is 1.92. The predicted octanol–water partition coefficient (Wildman–Crippen LogP) is 2.96. The van der Waals surface area contributed by atoms with Crippen LogP contribution < -0.4 is 5.69 Å². The zero-order chi connectivity index (χ0) is 15.1. The van der Waals surface area contributed by atoms with Gasteiger partial charge in [-0.1, -0.05) is 24.3 Å². The fraction of sp³-hybridized carbons (Fsp3) is 0.0625. The maximum absolute atomic E-state index is 12.2. The molecule has 0 bridgehead atoms. The van der Waals surface area contributed by atoms with E-state index in [1.54, 1.807) is 11.8 Å². The van der Waals surface area contributed by atoms with Gasteiger partial charge in [-0.05, 0) is 30.5 Å². The van der Waals surface area contributed by atoms with Crippen LogP contribution in [0.5, 0.6) is 0 Å².